The van der Waals surface area contributed by atoms with Crippen LogP contribution >= 0.6 is 0 Å². The summed E-state index contributed by atoms with van der Waals surface area (Å²) in [5.74, 6) is 1.53. The Labute approximate surface area is 126 Å². The molecule has 1 aromatic heterocycles. The number of rotatable bonds is 7. The predicted octanol–water partition coefficient (Wildman–Crippen LogP) is 4.16. The maximum Gasteiger partial charge on any atom is 0.163 e. The molecule has 2 aromatic rings. The first-order valence-corrected chi connectivity index (χ1v) is 7.64. The van der Waals surface area contributed by atoms with Gasteiger partial charge in [0.15, 0.2) is 11.5 Å². The summed E-state index contributed by atoms with van der Waals surface area (Å²) in [6, 6.07) is 6.07. The first kappa shape index (κ1) is 15.4. The highest BCUT2D eigenvalue weighted by atomic mass is 16.5. The van der Waals surface area contributed by atoms with Crippen molar-refractivity contribution in [3.63, 3.8) is 0 Å². The van der Waals surface area contributed by atoms with Crippen LogP contribution < -0.4 is 14.8 Å². The molecule has 114 valence electrons. The van der Waals surface area contributed by atoms with E-state index >= 15 is 0 Å². The molecule has 21 heavy (non-hydrogen) atoms. The van der Waals surface area contributed by atoms with Crippen LogP contribution in [-0.4, -0.2) is 24.7 Å². The van der Waals surface area contributed by atoms with Crippen molar-refractivity contribution in [2.75, 3.05) is 25.1 Å². The van der Waals surface area contributed by atoms with Crippen molar-refractivity contribution in [1.82, 2.24) is 4.98 Å². The highest BCUT2D eigenvalue weighted by molar-refractivity contribution is 5.93. The van der Waals surface area contributed by atoms with Gasteiger partial charge in [-0.3, -0.25) is 4.98 Å². The molecular formula is C17H24N2O2. The third-order valence-corrected chi connectivity index (χ3v) is 3.17. The topological polar surface area (TPSA) is 43.4 Å². The fourth-order valence-electron chi connectivity index (χ4n) is 2.31. The molecule has 0 unspecified atom stereocenters. The lowest BCUT2D eigenvalue weighted by atomic mass is 10.1. The molecule has 4 nitrogen and oxygen atoms in total. The first-order valence-electron chi connectivity index (χ1n) is 7.64. The zero-order valence-electron chi connectivity index (χ0n) is 13.3. The average molecular weight is 288 g/mol. The van der Waals surface area contributed by atoms with Gasteiger partial charge in [-0.15, -0.1) is 0 Å². The molecule has 1 aromatic carbocycles. The smallest absolute Gasteiger partial charge is 0.163 e. The van der Waals surface area contributed by atoms with Crippen LogP contribution in [0.2, 0.25) is 0 Å². The van der Waals surface area contributed by atoms with E-state index in [9.17, 15) is 0 Å². The highest BCUT2D eigenvalue weighted by Gasteiger charge is 2.11. The normalized spacial score (nSPS) is 10.7. The molecule has 0 atom stereocenters. The van der Waals surface area contributed by atoms with E-state index in [0.717, 1.165) is 46.7 Å². The SMILES string of the molecule is CCCNc1cc(C)nc2cc(OCC)c(OCC)cc12. The van der Waals surface area contributed by atoms with E-state index in [1.165, 1.54) is 0 Å². The van der Waals surface area contributed by atoms with Crippen LogP contribution in [0.1, 0.15) is 32.9 Å². The second-order valence-corrected chi connectivity index (χ2v) is 4.92. The van der Waals surface area contributed by atoms with Gasteiger partial charge in [0.25, 0.3) is 0 Å². The number of benzene rings is 1. The minimum absolute atomic E-state index is 0.609. The summed E-state index contributed by atoms with van der Waals surface area (Å²) in [6.45, 7) is 10.3. The summed E-state index contributed by atoms with van der Waals surface area (Å²) in [4.78, 5) is 4.61. The van der Waals surface area contributed by atoms with Gasteiger partial charge in [-0.25, -0.2) is 0 Å². The van der Waals surface area contributed by atoms with Crippen LogP contribution in [0, 0.1) is 6.92 Å². The number of pyridine rings is 1. The predicted molar refractivity (Wildman–Crippen MR) is 87.6 cm³/mol. The Morgan fingerprint density at radius 2 is 1.67 bits per heavy atom. The number of anilines is 1. The minimum atomic E-state index is 0.609. The van der Waals surface area contributed by atoms with Gasteiger partial charge in [0, 0.05) is 29.4 Å². The number of ether oxygens (including phenoxy) is 2. The van der Waals surface area contributed by atoms with Gasteiger partial charge >= 0.3 is 0 Å². The number of aryl methyl sites for hydroxylation is 1. The molecular weight excluding hydrogens is 264 g/mol. The number of nitrogens with zero attached hydrogens (tertiary/aromatic N) is 1. The Morgan fingerprint density at radius 3 is 2.29 bits per heavy atom. The number of hydrogen-bond donors (Lipinski definition) is 1. The second-order valence-electron chi connectivity index (χ2n) is 4.92. The van der Waals surface area contributed by atoms with E-state index < -0.39 is 0 Å². The lowest BCUT2D eigenvalue weighted by molar-refractivity contribution is 0.288. The van der Waals surface area contributed by atoms with Gasteiger partial charge in [-0.05, 0) is 39.3 Å². The van der Waals surface area contributed by atoms with E-state index in [2.05, 4.69) is 23.3 Å². The fraction of sp³-hybridized carbons (Fsp3) is 0.471. The lowest BCUT2D eigenvalue weighted by Gasteiger charge is -2.15. The van der Waals surface area contributed by atoms with Crippen molar-refractivity contribution >= 4 is 16.6 Å². The standard InChI is InChI=1S/C17H24N2O2/c1-5-8-18-14-9-12(4)19-15-11-17(21-7-3)16(20-6-2)10-13(14)15/h9-11H,5-8H2,1-4H3,(H,18,19). The molecule has 0 spiro atoms. The lowest BCUT2D eigenvalue weighted by Crippen LogP contribution is -2.03. The summed E-state index contributed by atoms with van der Waals surface area (Å²) >= 11 is 0. The van der Waals surface area contributed by atoms with E-state index in [-0.39, 0.29) is 0 Å². The summed E-state index contributed by atoms with van der Waals surface area (Å²) in [5, 5.41) is 4.53. The molecule has 1 heterocycles. The molecule has 0 saturated carbocycles. The van der Waals surface area contributed by atoms with Crippen LogP contribution in [0.3, 0.4) is 0 Å². The maximum atomic E-state index is 5.71. The summed E-state index contributed by atoms with van der Waals surface area (Å²) in [6.07, 6.45) is 1.08. The van der Waals surface area contributed by atoms with E-state index in [1.54, 1.807) is 0 Å². The van der Waals surface area contributed by atoms with Gasteiger partial charge in [0.1, 0.15) is 0 Å². The van der Waals surface area contributed by atoms with E-state index in [4.69, 9.17) is 9.47 Å². The zero-order chi connectivity index (χ0) is 15.2. The van der Waals surface area contributed by atoms with Crippen molar-refractivity contribution in [2.24, 2.45) is 0 Å². The molecule has 0 radical (unpaired) electrons. The van der Waals surface area contributed by atoms with Gasteiger partial charge in [0.2, 0.25) is 0 Å². The summed E-state index contributed by atoms with van der Waals surface area (Å²) in [7, 11) is 0. The molecule has 0 fully saturated rings. The number of aromatic nitrogens is 1. The van der Waals surface area contributed by atoms with Crippen LogP contribution in [0.5, 0.6) is 11.5 Å². The van der Waals surface area contributed by atoms with Crippen molar-refractivity contribution in [3.8, 4) is 11.5 Å². The molecule has 0 bridgehead atoms. The van der Waals surface area contributed by atoms with Gasteiger partial charge < -0.3 is 14.8 Å². The summed E-state index contributed by atoms with van der Waals surface area (Å²) in [5.41, 5.74) is 3.02. The van der Waals surface area contributed by atoms with Crippen molar-refractivity contribution in [2.45, 2.75) is 34.1 Å². The Morgan fingerprint density at radius 1 is 1.00 bits per heavy atom. The van der Waals surface area contributed by atoms with E-state index in [1.807, 2.05) is 32.9 Å². The zero-order valence-corrected chi connectivity index (χ0v) is 13.3. The highest BCUT2D eigenvalue weighted by Crippen LogP contribution is 2.35. The minimum Gasteiger partial charge on any atom is -0.490 e. The van der Waals surface area contributed by atoms with Crippen LogP contribution in [0.25, 0.3) is 10.9 Å². The molecule has 0 amide bonds. The Bertz CT molecular complexity index is 611. The average Bonchev–Trinajstić information content (AvgIpc) is 2.46. The van der Waals surface area contributed by atoms with Gasteiger partial charge in [0.05, 0.1) is 18.7 Å². The molecule has 0 aliphatic rings. The van der Waals surface area contributed by atoms with Crippen LogP contribution in [0.4, 0.5) is 5.69 Å². The Hall–Kier alpha value is -1.97. The van der Waals surface area contributed by atoms with Crippen LogP contribution in [0.15, 0.2) is 18.2 Å². The molecule has 0 saturated heterocycles. The fourth-order valence-corrected chi connectivity index (χ4v) is 2.31. The van der Waals surface area contributed by atoms with Crippen molar-refractivity contribution in [3.05, 3.63) is 23.9 Å². The third kappa shape index (κ3) is 3.57. The second kappa shape index (κ2) is 7.16. The van der Waals surface area contributed by atoms with Crippen molar-refractivity contribution in [1.29, 1.82) is 0 Å². The number of nitrogens with one attached hydrogen (secondary N) is 1. The van der Waals surface area contributed by atoms with E-state index in [0.29, 0.717) is 13.2 Å². The molecule has 2 rings (SSSR count). The quantitative estimate of drug-likeness (QED) is 0.830. The van der Waals surface area contributed by atoms with Crippen LogP contribution in [-0.2, 0) is 0 Å². The van der Waals surface area contributed by atoms with Gasteiger partial charge in [-0.1, -0.05) is 6.92 Å². The number of hydrogen-bond acceptors (Lipinski definition) is 4. The third-order valence-electron chi connectivity index (χ3n) is 3.17. The summed E-state index contributed by atoms with van der Waals surface area (Å²) < 4.78 is 11.4. The molecule has 4 heteroatoms. The van der Waals surface area contributed by atoms with Crippen molar-refractivity contribution < 1.29 is 9.47 Å². The Balaban J connectivity index is 2.56. The first-order chi connectivity index (χ1) is 10.2. The Kier molecular flexibility index (Phi) is 5.26. The largest absolute Gasteiger partial charge is 0.490 e. The monoisotopic (exact) mass is 288 g/mol. The molecule has 0 aliphatic carbocycles. The maximum absolute atomic E-state index is 5.71. The molecule has 0 aliphatic heterocycles. The van der Waals surface area contributed by atoms with Gasteiger partial charge in [-0.2, -0.15) is 0 Å². The molecule has 1 N–H and O–H groups in total. The number of fused-ring (bicyclic) bond motifs is 1.